The maximum atomic E-state index is 11.0. The number of carboxylic acid groups (broad SMARTS) is 1. The van der Waals surface area contributed by atoms with Crippen LogP contribution in [0.3, 0.4) is 0 Å². The van der Waals surface area contributed by atoms with E-state index in [0.717, 1.165) is 6.42 Å². The molecule has 16 heavy (non-hydrogen) atoms. The van der Waals surface area contributed by atoms with E-state index in [4.69, 9.17) is 5.11 Å². The first-order valence-electron chi connectivity index (χ1n) is 5.06. The molecule has 1 aromatic rings. The third kappa shape index (κ3) is 2.16. The van der Waals surface area contributed by atoms with Crippen LogP contribution in [0.15, 0.2) is 0 Å². The molecule has 0 aliphatic heterocycles. The summed E-state index contributed by atoms with van der Waals surface area (Å²) in [5, 5.41) is 28.4. The van der Waals surface area contributed by atoms with Crippen LogP contribution in [0.1, 0.15) is 49.2 Å². The second-order valence-electron chi connectivity index (χ2n) is 4.15. The van der Waals surface area contributed by atoms with Crippen molar-refractivity contribution in [2.45, 2.75) is 39.2 Å². The molecule has 1 rings (SSSR count). The van der Waals surface area contributed by atoms with Crippen LogP contribution in [0.4, 0.5) is 0 Å². The van der Waals surface area contributed by atoms with Gasteiger partial charge in [0, 0.05) is 6.42 Å². The molecule has 0 bridgehead atoms. The van der Waals surface area contributed by atoms with Gasteiger partial charge in [0.2, 0.25) is 0 Å². The van der Waals surface area contributed by atoms with Gasteiger partial charge in [-0.1, -0.05) is 6.92 Å². The minimum Gasteiger partial charge on any atom is -0.476 e. The highest BCUT2D eigenvalue weighted by Gasteiger charge is 2.31. The Labute approximate surface area is 93.1 Å². The van der Waals surface area contributed by atoms with E-state index in [1.165, 1.54) is 13.8 Å². The van der Waals surface area contributed by atoms with Crippen molar-refractivity contribution in [3.05, 3.63) is 17.2 Å². The van der Waals surface area contributed by atoms with Crippen LogP contribution in [0, 0.1) is 0 Å². The fourth-order valence-corrected chi connectivity index (χ4v) is 1.46. The lowest BCUT2D eigenvalue weighted by Gasteiger charge is -2.14. The highest BCUT2D eigenvalue weighted by molar-refractivity contribution is 5.87. The largest absolute Gasteiger partial charge is 0.476 e. The Morgan fingerprint density at radius 3 is 2.38 bits per heavy atom. The standard InChI is InChI=1S/C10H16N2O4/c1-4-5-6-11-8(10(2,3)15)7(9(13)14)12(6)16/h15-16H,4-5H2,1-3H3,(H,13,14). The van der Waals surface area contributed by atoms with E-state index < -0.39 is 11.6 Å². The van der Waals surface area contributed by atoms with Crippen molar-refractivity contribution >= 4 is 5.97 Å². The van der Waals surface area contributed by atoms with E-state index in [9.17, 15) is 15.1 Å². The molecule has 0 fully saturated rings. The molecular weight excluding hydrogens is 212 g/mol. The average Bonchev–Trinajstić information content (AvgIpc) is 2.44. The van der Waals surface area contributed by atoms with E-state index in [-0.39, 0.29) is 17.2 Å². The van der Waals surface area contributed by atoms with Gasteiger partial charge < -0.3 is 15.4 Å². The van der Waals surface area contributed by atoms with Crippen LogP contribution >= 0.6 is 0 Å². The molecule has 0 saturated heterocycles. The normalized spacial score (nSPS) is 11.8. The van der Waals surface area contributed by atoms with Gasteiger partial charge in [0.15, 0.2) is 5.69 Å². The zero-order valence-electron chi connectivity index (χ0n) is 9.56. The lowest BCUT2D eigenvalue weighted by Crippen LogP contribution is -2.21. The van der Waals surface area contributed by atoms with Crippen molar-refractivity contribution in [3.8, 4) is 0 Å². The number of hydrogen-bond donors (Lipinski definition) is 3. The molecule has 0 radical (unpaired) electrons. The molecule has 0 aromatic carbocycles. The number of rotatable bonds is 4. The number of imidazole rings is 1. The molecule has 6 heteroatoms. The minimum absolute atomic E-state index is 0.0223. The molecule has 0 aliphatic carbocycles. The Hall–Kier alpha value is -1.56. The number of aromatic carboxylic acids is 1. The number of aryl methyl sites for hydroxylation is 1. The second kappa shape index (κ2) is 4.13. The molecule has 0 amide bonds. The van der Waals surface area contributed by atoms with E-state index in [1.54, 1.807) is 0 Å². The Morgan fingerprint density at radius 1 is 1.50 bits per heavy atom. The Bertz CT molecular complexity index is 404. The van der Waals surface area contributed by atoms with Gasteiger partial charge in [-0.3, -0.25) is 0 Å². The van der Waals surface area contributed by atoms with Crippen molar-refractivity contribution in [3.63, 3.8) is 0 Å². The maximum absolute atomic E-state index is 11.0. The first kappa shape index (κ1) is 12.5. The van der Waals surface area contributed by atoms with Crippen LogP contribution in [0.25, 0.3) is 0 Å². The van der Waals surface area contributed by atoms with Gasteiger partial charge in [0.05, 0.1) is 0 Å². The highest BCUT2D eigenvalue weighted by atomic mass is 16.5. The number of hydrogen-bond acceptors (Lipinski definition) is 4. The number of nitrogens with zero attached hydrogens (tertiary/aromatic N) is 2. The number of aromatic nitrogens is 2. The topological polar surface area (TPSA) is 95.6 Å². The maximum Gasteiger partial charge on any atom is 0.358 e. The summed E-state index contributed by atoms with van der Waals surface area (Å²) in [4.78, 5) is 14.9. The highest BCUT2D eigenvalue weighted by Crippen LogP contribution is 2.23. The second-order valence-corrected chi connectivity index (χ2v) is 4.15. The van der Waals surface area contributed by atoms with Crippen molar-refractivity contribution < 1.29 is 20.2 Å². The monoisotopic (exact) mass is 228 g/mol. The lowest BCUT2D eigenvalue weighted by molar-refractivity contribution is 0.0555. The first-order valence-corrected chi connectivity index (χ1v) is 5.06. The third-order valence-electron chi connectivity index (χ3n) is 2.18. The Kier molecular flexibility index (Phi) is 3.23. The summed E-state index contributed by atoms with van der Waals surface area (Å²) in [5.74, 6) is -1.06. The quantitative estimate of drug-likeness (QED) is 0.668. The number of carboxylic acids is 1. The molecule has 90 valence electrons. The zero-order chi connectivity index (χ0) is 12.5. The Balaban J connectivity index is 3.37. The summed E-state index contributed by atoms with van der Waals surface area (Å²) in [6.07, 6.45) is 1.18. The predicted octanol–water partition coefficient (Wildman–Crippen LogP) is 0.998. The van der Waals surface area contributed by atoms with E-state index in [2.05, 4.69) is 4.98 Å². The SMILES string of the molecule is CCCc1nc(C(C)(C)O)c(C(=O)O)n1O. The predicted molar refractivity (Wildman–Crippen MR) is 55.6 cm³/mol. The molecule has 1 aromatic heterocycles. The first-order chi connectivity index (χ1) is 7.29. The fourth-order valence-electron chi connectivity index (χ4n) is 1.46. The molecule has 0 saturated carbocycles. The van der Waals surface area contributed by atoms with Gasteiger partial charge in [0.1, 0.15) is 17.1 Å². The molecule has 6 nitrogen and oxygen atoms in total. The van der Waals surface area contributed by atoms with Gasteiger partial charge in [-0.15, -0.1) is 0 Å². The molecule has 0 unspecified atom stereocenters. The molecule has 0 spiro atoms. The summed E-state index contributed by atoms with van der Waals surface area (Å²) in [6, 6.07) is 0. The van der Waals surface area contributed by atoms with Gasteiger partial charge in [0.25, 0.3) is 0 Å². The van der Waals surface area contributed by atoms with Crippen molar-refractivity contribution in [1.29, 1.82) is 0 Å². The zero-order valence-corrected chi connectivity index (χ0v) is 9.56. The van der Waals surface area contributed by atoms with Crippen molar-refractivity contribution in [2.24, 2.45) is 0 Å². The smallest absolute Gasteiger partial charge is 0.358 e. The third-order valence-corrected chi connectivity index (χ3v) is 2.18. The van der Waals surface area contributed by atoms with Crippen LogP contribution in [-0.4, -0.2) is 31.1 Å². The van der Waals surface area contributed by atoms with Crippen LogP contribution in [-0.2, 0) is 12.0 Å². The summed E-state index contributed by atoms with van der Waals surface area (Å²) < 4.78 is 0.541. The molecular formula is C10H16N2O4. The fraction of sp³-hybridized carbons (Fsp3) is 0.600. The summed E-state index contributed by atoms with van der Waals surface area (Å²) in [5.41, 5.74) is -1.80. The van der Waals surface area contributed by atoms with Crippen molar-refractivity contribution in [1.82, 2.24) is 9.71 Å². The summed E-state index contributed by atoms with van der Waals surface area (Å²) >= 11 is 0. The molecule has 1 heterocycles. The molecule has 3 N–H and O–H groups in total. The summed E-state index contributed by atoms with van der Waals surface area (Å²) in [6.45, 7) is 4.74. The van der Waals surface area contributed by atoms with Gasteiger partial charge in [-0.05, 0) is 20.3 Å². The van der Waals surface area contributed by atoms with Crippen LogP contribution in [0.5, 0.6) is 0 Å². The molecule has 0 aliphatic rings. The summed E-state index contributed by atoms with van der Waals surface area (Å²) in [7, 11) is 0. The van der Waals surface area contributed by atoms with E-state index in [1.807, 2.05) is 6.92 Å². The number of aliphatic hydroxyl groups is 1. The van der Waals surface area contributed by atoms with Crippen molar-refractivity contribution in [2.75, 3.05) is 0 Å². The molecule has 0 atom stereocenters. The van der Waals surface area contributed by atoms with Crippen LogP contribution in [0.2, 0.25) is 0 Å². The number of carbonyl (C=O) groups is 1. The average molecular weight is 228 g/mol. The van der Waals surface area contributed by atoms with E-state index >= 15 is 0 Å². The van der Waals surface area contributed by atoms with E-state index in [0.29, 0.717) is 11.2 Å². The Morgan fingerprint density at radius 2 is 2.06 bits per heavy atom. The lowest BCUT2D eigenvalue weighted by atomic mass is 10.0. The minimum atomic E-state index is -1.40. The van der Waals surface area contributed by atoms with Gasteiger partial charge in [-0.25, -0.2) is 9.78 Å². The van der Waals surface area contributed by atoms with Crippen LogP contribution < -0.4 is 0 Å². The van der Waals surface area contributed by atoms with Gasteiger partial charge >= 0.3 is 5.97 Å². The van der Waals surface area contributed by atoms with Gasteiger partial charge in [-0.2, -0.15) is 4.73 Å².